The zero-order chi connectivity index (χ0) is 13.2. The molecule has 0 aliphatic carbocycles. The summed E-state index contributed by atoms with van der Waals surface area (Å²) in [6.45, 7) is 5.37. The lowest BCUT2D eigenvalue weighted by atomic mass is 10.3. The fraction of sp³-hybridized carbons (Fsp3) is 0.556. The highest BCUT2D eigenvalue weighted by Crippen LogP contribution is 2.23. The van der Waals surface area contributed by atoms with Gasteiger partial charge in [-0.05, 0) is 20.8 Å². The Bertz CT molecular complexity index is 520. The molecule has 1 heterocycles. The van der Waals surface area contributed by atoms with Gasteiger partial charge in [0.25, 0.3) is 5.91 Å². The Hall–Kier alpha value is -1.15. The second-order valence-electron chi connectivity index (χ2n) is 3.94. The van der Waals surface area contributed by atoms with Gasteiger partial charge in [0.2, 0.25) is 10.0 Å². The van der Waals surface area contributed by atoms with Gasteiger partial charge in [0, 0.05) is 6.04 Å². The van der Waals surface area contributed by atoms with E-state index < -0.39 is 10.0 Å². The Kier molecular flexibility index (Phi) is 4.10. The van der Waals surface area contributed by atoms with E-state index in [1.807, 2.05) is 13.8 Å². The number of carbonyl (C=O) groups excluding carboxylic acids is 1. The predicted molar refractivity (Wildman–Crippen MR) is 67.9 cm³/mol. The molecule has 0 fully saturated rings. The number of sulfonamides is 1. The molecule has 1 rings (SSSR count). The number of amides is 1. The first-order valence-electron chi connectivity index (χ1n) is 4.95. The monoisotopic (exact) mass is 277 g/mol. The van der Waals surface area contributed by atoms with Gasteiger partial charge in [-0.2, -0.15) is 0 Å². The van der Waals surface area contributed by atoms with Gasteiger partial charge in [-0.15, -0.1) is 0 Å². The largest absolute Gasteiger partial charge is 0.349 e. The summed E-state index contributed by atoms with van der Waals surface area (Å²) in [5, 5.41) is 2.94. The zero-order valence-corrected chi connectivity index (χ0v) is 11.7. The van der Waals surface area contributed by atoms with Crippen LogP contribution in [0.1, 0.15) is 29.2 Å². The fourth-order valence-electron chi connectivity index (χ4n) is 1.14. The van der Waals surface area contributed by atoms with Crippen molar-refractivity contribution in [1.29, 1.82) is 0 Å². The molecule has 0 saturated carbocycles. The van der Waals surface area contributed by atoms with Gasteiger partial charge >= 0.3 is 0 Å². The van der Waals surface area contributed by atoms with Crippen LogP contribution in [0.4, 0.5) is 5.13 Å². The second-order valence-corrected chi connectivity index (χ2v) is 6.68. The van der Waals surface area contributed by atoms with E-state index in [4.69, 9.17) is 0 Å². The molecule has 0 atom stereocenters. The summed E-state index contributed by atoms with van der Waals surface area (Å²) in [4.78, 5) is 16.1. The number of hydrogen-bond acceptors (Lipinski definition) is 5. The first-order valence-corrected chi connectivity index (χ1v) is 7.66. The third-order valence-electron chi connectivity index (χ3n) is 1.70. The molecule has 8 heteroatoms. The minimum Gasteiger partial charge on any atom is -0.349 e. The number of anilines is 1. The predicted octanol–water partition coefficient (Wildman–Crippen LogP) is 0.961. The van der Waals surface area contributed by atoms with Crippen LogP contribution in [-0.4, -0.2) is 31.6 Å². The van der Waals surface area contributed by atoms with Crippen LogP contribution in [0.25, 0.3) is 0 Å². The molecule has 1 aromatic rings. The van der Waals surface area contributed by atoms with Gasteiger partial charge < -0.3 is 5.32 Å². The minimum atomic E-state index is -3.36. The maximum Gasteiger partial charge on any atom is 0.263 e. The Morgan fingerprint density at radius 1 is 1.41 bits per heavy atom. The van der Waals surface area contributed by atoms with Crippen molar-refractivity contribution in [3.8, 4) is 0 Å². The molecule has 0 aliphatic heterocycles. The third-order valence-corrected chi connectivity index (χ3v) is 3.46. The van der Waals surface area contributed by atoms with Crippen molar-refractivity contribution in [1.82, 2.24) is 10.3 Å². The van der Waals surface area contributed by atoms with Gasteiger partial charge in [0.05, 0.1) is 11.9 Å². The summed E-state index contributed by atoms with van der Waals surface area (Å²) in [6, 6.07) is 0.0234. The van der Waals surface area contributed by atoms with Gasteiger partial charge in [-0.25, -0.2) is 13.4 Å². The van der Waals surface area contributed by atoms with Crippen molar-refractivity contribution in [2.45, 2.75) is 26.8 Å². The number of nitrogens with zero attached hydrogens (tertiary/aromatic N) is 1. The van der Waals surface area contributed by atoms with Crippen molar-refractivity contribution < 1.29 is 13.2 Å². The number of carbonyl (C=O) groups is 1. The highest BCUT2D eigenvalue weighted by Gasteiger charge is 2.17. The van der Waals surface area contributed by atoms with Gasteiger partial charge in [-0.3, -0.25) is 9.52 Å². The highest BCUT2D eigenvalue weighted by atomic mass is 32.2. The van der Waals surface area contributed by atoms with E-state index >= 15 is 0 Å². The summed E-state index contributed by atoms with van der Waals surface area (Å²) in [7, 11) is -3.36. The number of rotatable bonds is 4. The number of aryl methyl sites for hydroxylation is 1. The molecule has 0 unspecified atom stereocenters. The van der Waals surface area contributed by atoms with E-state index in [0.29, 0.717) is 10.6 Å². The lowest BCUT2D eigenvalue weighted by Crippen LogP contribution is -2.29. The molecule has 1 amide bonds. The van der Waals surface area contributed by atoms with Gasteiger partial charge in [0.15, 0.2) is 5.13 Å². The lowest BCUT2D eigenvalue weighted by Gasteiger charge is -2.06. The van der Waals surface area contributed by atoms with Crippen molar-refractivity contribution in [3.63, 3.8) is 0 Å². The van der Waals surface area contributed by atoms with E-state index in [9.17, 15) is 13.2 Å². The molecule has 17 heavy (non-hydrogen) atoms. The standard InChI is InChI=1S/C9H15N3O3S2/c1-5(2)10-8(13)7-6(3)11-9(16-7)12-17(4,14)15/h5H,1-4H3,(H,10,13)(H,11,12). The fourth-order valence-corrected chi connectivity index (χ4v) is 2.84. The Morgan fingerprint density at radius 3 is 2.47 bits per heavy atom. The normalized spacial score (nSPS) is 11.6. The summed E-state index contributed by atoms with van der Waals surface area (Å²) >= 11 is 1.02. The van der Waals surface area contributed by atoms with Crippen LogP contribution in [0.5, 0.6) is 0 Å². The Balaban J connectivity index is 2.93. The summed E-state index contributed by atoms with van der Waals surface area (Å²) in [5.41, 5.74) is 0.513. The molecule has 0 bridgehead atoms. The molecule has 0 saturated heterocycles. The molecule has 0 radical (unpaired) electrons. The molecule has 0 aromatic carbocycles. The summed E-state index contributed by atoms with van der Waals surface area (Å²) in [6.07, 6.45) is 1.04. The van der Waals surface area contributed by atoms with Crippen molar-refractivity contribution in [2.75, 3.05) is 11.0 Å². The topological polar surface area (TPSA) is 88.2 Å². The maximum atomic E-state index is 11.7. The van der Waals surface area contributed by atoms with Crippen molar-refractivity contribution in [3.05, 3.63) is 10.6 Å². The number of hydrogen-bond donors (Lipinski definition) is 2. The zero-order valence-electron chi connectivity index (χ0n) is 10.1. The van der Waals surface area contributed by atoms with Crippen LogP contribution < -0.4 is 10.0 Å². The molecule has 0 spiro atoms. The van der Waals surface area contributed by atoms with Crippen LogP contribution in [0.2, 0.25) is 0 Å². The van der Waals surface area contributed by atoms with E-state index in [-0.39, 0.29) is 17.1 Å². The lowest BCUT2D eigenvalue weighted by molar-refractivity contribution is 0.0946. The summed E-state index contributed by atoms with van der Waals surface area (Å²) in [5.74, 6) is -0.239. The number of aromatic nitrogens is 1. The maximum absolute atomic E-state index is 11.7. The SMILES string of the molecule is Cc1nc(NS(C)(=O)=O)sc1C(=O)NC(C)C. The van der Waals surface area contributed by atoms with Crippen molar-refractivity contribution >= 4 is 32.4 Å². The molecule has 96 valence electrons. The smallest absolute Gasteiger partial charge is 0.263 e. The van der Waals surface area contributed by atoms with Crippen LogP contribution in [-0.2, 0) is 10.0 Å². The molecule has 6 nitrogen and oxygen atoms in total. The molecule has 2 N–H and O–H groups in total. The average Bonchev–Trinajstić information content (AvgIpc) is 2.41. The quantitative estimate of drug-likeness (QED) is 0.858. The molecule has 0 aliphatic rings. The first-order chi connectivity index (χ1) is 7.69. The molecular formula is C9H15N3O3S2. The second kappa shape index (κ2) is 5.01. The Morgan fingerprint density at radius 2 is 2.00 bits per heavy atom. The van der Waals surface area contributed by atoms with Crippen LogP contribution in [0.15, 0.2) is 0 Å². The Labute approximate surface area is 105 Å². The third kappa shape index (κ3) is 4.31. The molecular weight excluding hydrogens is 262 g/mol. The minimum absolute atomic E-state index is 0.0234. The first kappa shape index (κ1) is 13.9. The summed E-state index contributed by atoms with van der Waals surface area (Å²) < 4.78 is 24.3. The average molecular weight is 277 g/mol. The van der Waals surface area contributed by atoms with Crippen LogP contribution in [0, 0.1) is 6.92 Å². The van der Waals surface area contributed by atoms with Crippen LogP contribution >= 0.6 is 11.3 Å². The van der Waals surface area contributed by atoms with E-state index in [0.717, 1.165) is 17.6 Å². The van der Waals surface area contributed by atoms with Crippen molar-refractivity contribution in [2.24, 2.45) is 0 Å². The number of nitrogens with one attached hydrogen (secondary N) is 2. The van der Waals surface area contributed by atoms with E-state index in [2.05, 4.69) is 15.0 Å². The molecule has 1 aromatic heterocycles. The van der Waals surface area contributed by atoms with E-state index in [1.54, 1.807) is 6.92 Å². The van der Waals surface area contributed by atoms with Gasteiger partial charge in [0.1, 0.15) is 4.88 Å². The van der Waals surface area contributed by atoms with Crippen LogP contribution in [0.3, 0.4) is 0 Å². The number of thiazole rings is 1. The van der Waals surface area contributed by atoms with E-state index in [1.165, 1.54) is 0 Å². The highest BCUT2D eigenvalue weighted by molar-refractivity contribution is 7.92. The van der Waals surface area contributed by atoms with Gasteiger partial charge in [-0.1, -0.05) is 11.3 Å².